The maximum Gasteiger partial charge on any atom is 0.472 e. The van der Waals surface area contributed by atoms with E-state index in [1.807, 2.05) is 21.1 Å². The lowest BCUT2D eigenvalue weighted by molar-refractivity contribution is -0.870. The van der Waals surface area contributed by atoms with Gasteiger partial charge in [-0.25, -0.2) is 4.57 Å². The zero-order chi connectivity index (χ0) is 42.8. The van der Waals surface area contributed by atoms with Crippen LogP contribution in [0, 0.1) is 0 Å². The molecule has 0 rings (SSSR count). The van der Waals surface area contributed by atoms with E-state index in [1.54, 1.807) is 0 Å². The predicted molar refractivity (Wildman–Crippen MR) is 243 cm³/mol. The lowest BCUT2D eigenvalue weighted by Crippen LogP contribution is -2.37. The Balaban J connectivity index is 4.31. The van der Waals surface area contributed by atoms with Crippen LogP contribution in [-0.4, -0.2) is 74.9 Å². The van der Waals surface area contributed by atoms with E-state index in [0.29, 0.717) is 17.4 Å². The topological polar surface area (TPSA) is 108 Å². The third-order valence-corrected chi connectivity index (χ3v) is 10.5. The number of allylic oxidation sites excluding steroid dienone is 10. The Morgan fingerprint density at radius 2 is 0.983 bits per heavy atom. The molecule has 0 aliphatic rings. The Morgan fingerprint density at radius 3 is 1.48 bits per heavy atom. The summed E-state index contributed by atoms with van der Waals surface area (Å²) >= 11 is 0. The largest absolute Gasteiger partial charge is 0.472 e. The average Bonchev–Trinajstić information content (AvgIpc) is 3.17. The summed E-state index contributed by atoms with van der Waals surface area (Å²) in [6.07, 6.45) is 48.5. The second-order valence-electron chi connectivity index (χ2n) is 16.4. The first-order valence-electron chi connectivity index (χ1n) is 23.0. The quantitative estimate of drug-likeness (QED) is 0.0213. The van der Waals surface area contributed by atoms with E-state index in [0.717, 1.165) is 64.2 Å². The second kappa shape index (κ2) is 40.1. The van der Waals surface area contributed by atoms with Crippen LogP contribution >= 0.6 is 7.82 Å². The van der Waals surface area contributed by atoms with Gasteiger partial charge in [-0.05, 0) is 77.0 Å². The van der Waals surface area contributed by atoms with Crippen LogP contribution < -0.4 is 0 Å². The van der Waals surface area contributed by atoms with Crippen molar-refractivity contribution in [3.63, 3.8) is 0 Å². The molecule has 0 aromatic carbocycles. The van der Waals surface area contributed by atoms with Crippen molar-refractivity contribution >= 4 is 19.8 Å². The molecular weight excluding hydrogens is 750 g/mol. The van der Waals surface area contributed by atoms with Crippen molar-refractivity contribution in [2.75, 3.05) is 47.5 Å². The molecule has 2 atom stereocenters. The molecule has 0 spiro atoms. The number of phosphoric acid groups is 1. The third-order valence-electron chi connectivity index (χ3n) is 9.53. The van der Waals surface area contributed by atoms with Crippen LogP contribution in [0.2, 0.25) is 0 Å². The van der Waals surface area contributed by atoms with E-state index < -0.39 is 26.5 Å². The van der Waals surface area contributed by atoms with Gasteiger partial charge in [0.2, 0.25) is 0 Å². The number of unbranched alkanes of at least 4 members (excludes halogenated alkanes) is 17. The van der Waals surface area contributed by atoms with Gasteiger partial charge in [-0.15, -0.1) is 0 Å². The number of quaternary nitrogens is 1. The van der Waals surface area contributed by atoms with Gasteiger partial charge >= 0.3 is 19.8 Å². The number of carbonyl (C=O) groups is 2. The van der Waals surface area contributed by atoms with E-state index in [1.165, 1.54) is 83.5 Å². The van der Waals surface area contributed by atoms with Gasteiger partial charge in [-0.3, -0.25) is 18.6 Å². The van der Waals surface area contributed by atoms with Gasteiger partial charge in [0.25, 0.3) is 0 Å². The van der Waals surface area contributed by atoms with Crippen molar-refractivity contribution in [3.8, 4) is 0 Å². The molecule has 0 amide bonds. The Bertz CT molecular complexity index is 1170. The molecule has 336 valence electrons. The summed E-state index contributed by atoms with van der Waals surface area (Å²) in [6, 6.07) is 0. The lowest BCUT2D eigenvalue weighted by atomic mass is 10.1. The minimum Gasteiger partial charge on any atom is -0.462 e. The fourth-order valence-corrected chi connectivity index (χ4v) is 6.68. The van der Waals surface area contributed by atoms with Gasteiger partial charge in [0.1, 0.15) is 19.8 Å². The minimum atomic E-state index is -4.39. The lowest BCUT2D eigenvalue weighted by Gasteiger charge is -2.24. The molecule has 10 heteroatoms. The maximum atomic E-state index is 12.7. The first-order chi connectivity index (χ1) is 28.0. The fourth-order valence-electron chi connectivity index (χ4n) is 5.94. The number of esters is 2. The van der Waals surface area contributed by atoms with E-state index in [4.69, 9.17) is 18.5 Å². The van der Waals surface area contributed by atoms with Crippen molar-refractivity contribution < 1.29 is 42.1 Å². The number of ether oxygens (including phenoxy) is 2. The zero-order valence-corrected chi connectivity index (χ0v) is 38.7. The number of hydrogen-bond acceptors (Lipinski definition) is 7. The van der Waals surface area contributed by atoms with Crippen LogP contribution in [0.15, 0.2) is 60.8 Å². The molecule has 0 bridgehead atoms. The molecule has 0 saturated carbocycles. The SMILES string of the molecule is CC/C=C\C/C=C\C/C=C\CCCCCC(=O)OC(COC(=O)CCCCCCCCCCC/C=C\C/C=C\CCCCCCC)COP(=O)(O)OCC[N+](C)(C)C. The maximum absolute atomic E-state index is 12.7. The van der Waals surface area contributed by atoms with Crippen molar-refractivity contribution in [2.24, 2.45) is 0 Å². The minimum absolute atomic E-state index is 0.0227. The molecule has 9 nitrogen and oxygen atoms in total. The van der Waals surface area contributed by atoms with E-state index in [-0.39, 0.29) is 32.0 Å². The number of nitrogens with zero attached hydrogens (tertiary/aromatic N) is 1. The van der Waals surface area contributed by atoms with E-state index >= 15 is 0 Å². The van der Waals surface area contributed by atoms with E-state index in [2.05, 4.69) is 74.6 Å². The molecule has 0 aliphatic heterocycles. The molecular formula is C48H87NO8P+. The van der Waals surface area contributed by atoms with Gasteiger partial charge < -0.3 is 18.9 Å². The van der Waals surface area contributed by atoms with Crippen LogP contribution in [0.3, 0.4) is 0 Å². The van der Waals surface area contributed by atoms with Gasteiger partial charge in [0, 0.05) is 12.8 Å². The fraction of sp³-hybridized carbons (Fsp3) is 0.750. The average molecular weight is 837 g/mol. The summed E-state index contributed by atoms with van der Waals surface area (Å²) in [6.45, 7) is 4.25. The molecule has 0 aliphatic carbocycles. The van der Waals surface area contributed by atoms with Crippen LogP contribution in [0.1, 0.15) is 181 Å². The molecule has 58 heavy (non-hydrogen) atoms. The third kappa shape index (κ3) is 43.3. The highest BCUT2D eigenvalue weighted by molar-refractivity contribution is 7.47. The normalized spacial score (nSPS) is 14.1. The summed E-state index contributed by atoms with van der Waals surface area (Å²) in [7, 11) is 1.45. The van der Waals surface area contributed by atoms with Crippen molar-refractivity contribution in [1.82, 2.24) is 0 Å². The summed E-state index contributed by atoms with van der Waals surface area (Å²) in [5, 5.41) is 0. The first-order valence-corrected chi connectivity index (χ1v) is 24.5. The Kier molecular flexibility index (Phi) is 38.5. The number of phosphoric ester groups is 1. The number of carbonyl (C=O) groups excluding carboxylic acids is 2. The van der Waals surface area contributed by atoms with Gasteiger partial charge in [0.15, 0.2) is 6.10 Å². The molecule has 0 radical (unpaired) electrons. The monoisotopic (exact) mass is 837 g/mol. The molecule has 0 aromatic heterocycles. The predicted octanol–water partition coefficient (Wildman–Crippen LogP) is 13.2. The van der Waals surface area contributed by atoms with Crippen molar-refractivity contribution in [2.45, 2.75) is 187 Å². The summed E-state index contributed by atoms with van der Waals surface area (Å²) in [5.41, 5.74) is 0. The number of hydrogen-bond donors (Lipinski definition) is 1. The number of rotatable bonds is 41. The molecule has 0 saturated heterocycles. The highest BCUT2D eigenvalue weighted by atomic mass is 31.2. The molecule has 0 aromatic rings. The van der Waals surface area contributed by atoms with Crippen molar-refractivity contribution in [1.29, 1.82) is 0 Å². The van der Waals surface area contributed by atoms with Gasteiger partial charge in [-0.2, -0.15) is 0 Å². The molecule has 0 heterocycles. The van der Waals surface area contributed by atoms with E-state index in [9.17, 15) is 19.0 Å². The summed E-state index contributed by atoms with van der Waals surface area (Å²) < 4.78 is 34.3. The van der Waals surface area contributed by atoms with Gasteiger partial charge in [-0.1, -0.05) is 152 Å². The first kappa shape index (κ1) is 55.7. The molecule has 1 N–H and O–H groups in total. The number of likely N-dealkylation sites (N-methyl/N-ethyl adjacent to an activating group) is 1. The molecule has 0 fully saturated rings. The highest BCUT2D eigenvalue weighted by Gasteiger charge is 2.27. The van der Waals surface area contributed by atoms with Crippen LogP contribution in [0.5, 0.6) is 0 Å². The summed E-state index contributed by atoms with van der Waals surface area (Å²) in [4.78, 5) is 35.4. The zero-order valence-electron chi connectivity index (χ0n) is 37.8. The van der Waals surface area contributed by atoms with Crippen LogP contribution in [-0.2, 0) is 32.7 Å². The molecule has 2 unspecified atom stereocenters. The van der Waals surface area contributed by atoms with Crippen molar-refractivity contribution in [3.05, 3.63) is 60.8 Å². The Labute approximate surface area is 356 Å². The summed E-state index contributed by atoms with van der Waals surface area (Å²) in [5.74, 6) is -0.841. The standard InChI is InChI=1S/C48H86NO8P/c1-6-8-10-12-14-16-18-20-21-22-23-24-25-26-27-29-30-32-34-36-38-40-47(50)54-44-46(45-56-58(52,53)55-43-42-49(3,4)5)57-48(51)41-39-37-35-33-31-28-19-17-15-13-11-9-7-2/h9,11,15,17-18,20,22-23,28,31,46H,6-8,10,12-14,16,19,21,24-27,29-30,32-45H2,1-5H3/p+1/b11-9-,17-15-,20-18-,23-22-,31-28-. The Hall–Kier alpha value is -2.29. The Morgan fingerprint density at radius 1 is 0.552 bits per heavy atom. The second-order valence-corrected chi connectivity index (χ2v) is 17.9. The van der Waals surface area contributed by atoms with Crippen LogP contribution in [0.4, 0.5) is 0 Å². The smallest absolute Gasteiger partial charge is 0.462 e. The van der Waals surface area contributed by atoms with Crippen LogP contribution in [0.25, 0.3) is 0 Å². The van der Waals surface area contributed by atoms with Gasteiger partial charge in [0.05, 0.1) is 27.7 Å². The highest BCUT2D eigenvalue weighted by Crippen LogP contribution is 2.43.